The third-order valence-electron chi connectivity index (χ3n) is 3.03. The molecular weight excluding hydrogens is 317 g/mol. The van der Waals surface area contributed by atoms with Gasteiger partial charge in [0.05, 0.1) is 19.1 Å². The number of carbonyl (C=O) groups is 1. The minimum absolute atomic E-state index is 0.0146. The van der Waals surface area contributed by atoms with Crippen LogP contribution in [0.15, 0.2) is 22.7 Å². The van der Waals surface area contributed by atoms with Crippen molar-refractivity contribution in [3.8, 4) is 0 Å². The zero-order valence-corrected chi connectivity index (χ0v) is 11.9. The van der Waals surface area contributed by atoms with Gasteiger partial charge < -0.3 is 9.84 Å². The van der Waals surface area contributed by atoms with Gasteiger partial charge in [-0.1, -0.05) is 22.0 Å². The van der Waals surface area contributed by atoms with Gasteiger partial charge in [0.15, 0.2) is 0 Å². The largest absolute Gasteiger partial charge is 0.481 e. The van der Waals surface area contributed by atoms with Gasteiger partial charge in [0.25, 0.3) is 0 Å². The molecule has 4 nitrogen and oxygen atoms in total. The van der Waals surface area contributed by atoms with Crippen molar-refractivity contribution in [2.24, 2.45) is 0 Å². The Kier molecular flexibility index (Phi) is 4.90. The number of rotatable bonds is 4. The van der Waals surface area contributed by atoms with Crippen LogP contribution < -0.4 is 0 Å². The second-order valence-electron chi connectivity index (χ2n) is 4.56. The summed E-state index contributed by atoms with van der Waals surface area (Å²) in [7, 11) is 0. The average Bonchev–Trinajstić information content (AvgIpc) is 2.32. The normalized spacial score (nSPS) is 20.4. The molecule has 1 atom stereocenters. The van der Waals surface area contributed by atoms with Crippen LogP contribution in [-0.4, -0.2) is 41.8 Å². The first kappa shape index (κ1) is 14.4. The smallest absolute Gasteiger partial charge is 0.306 e. The summed E-state index contributed by atoms with van der Waals surface area (Å²) in [5, 5.41) is 8.75. The van der Waals surface area contributed by atoms with Crippen molar-refractivity contribution in [2.75, 3.05) is 19.7 Å². The quantitative estimate of drug-likeness (QED) is 0.919. The van der Waals surface area contributed by atoms with Crippen molar-refractivity contribution in [1.82, 2.24) is 4.90 Å². The van der Waals surface area contributed by atoms with E-state index >= 15 is 0 Å². The molecule has 1 aliphatic heterocycles. The molecule has 1 fully saturated rings. The summed E-state index contributed by atoms with van der Waals surface area (Å²) in [6.45, 7) is 2.15. The molecule has 0 saturated carbocycles. The third kappa shape index (κ3) is 4.26. The SMILES string of the molecule is O=C(O)CC1CN(Cc2ccc(Br)cc2F)CCO1. The van der Waals surface area contributed by atoms with Crippen molar-refractivity contribution in [2.45, 2.75) is 19.1 Å². The summed E-state index contributed by atoms with van der Waals surface area (Å²) in [5.74, 6) is -1.13. The zero-order valence-electron chi connectivity index (χ0n) is 10.3. The van der Waals surface area contributed by atoms with Crippen LogP contribution in [0.1, 0.15) is 12.0 Å². The minimum Gasteiger partial charge on any atom is -0.481 e. The fraction of sp³-hybridized carbons (Fsp3) is 0.462. The molecule has 2 rings (SSSR count). The molecular formula is C13H15BrFNO3. The minimum atomic E-state index is -0.873. The highest BCUT2D eigenvalue weighted by Crippen LogP contribution is 2.18. The van der Waals surface area contributed by atoms with E-state index in [4.69, 9.17) is 9.84 Å². The Balaban J connectivity index is 1.96. The van der Waals surface area contributed by atoms with Gasteiger partial charge in [-0.15, -0.1) is 0 Å². The Morgan fingerprint density at radius 2 is 2.37 bits per heavy atom. The molecule has 0 amide bonds. The van der Waals surface area contributed by atoms with Crippen LogP contribution in [0.25, 0.3) is 0 Å². The van der Waals surface area contributed by atoms with Crippen LogP contribution in [-0.2, 0) is 16.1 Å². The third-order valence-corrected chi connectivity index (χ3v) is 3.53. The average molecular weight is 332 g/mol. The van der Waals surface area contributed by atoms with Crippen LogP contribution in [0, 0.1) is 5.82 Å². The van der Waals surface area contributed by atoms with Gasteiger partial charge in [-0.3, -0.25) is 9.69 Å². The molecule has 0 bridgehead atoms. The van der Waals surface area contributed by atoms with E-state index < -0.39 is 5.97 Å². The van der Waals surface area contributed by atoms with Gasteiger partial charge in [0.1, 0.15) is 5.82 Å². The van der Waals surface area contributed by atoms with Gasteiger partial charge >= 0.3 is 5.97 Å². The molecule has 104 valence electrons. The molecule has 1 aromatic rings. The van der Waals surface area contributed by atoms with Crippen molar-refractivity contribution in [1.29, 1.82) is 0 Å². The van der Waals surface area contributed by atoms with Gasteiger partial charge in [0, 0.05) is 29.7 Å². The second kappa shape index (κ2) is 6.45. The molecule has 0 radical (unpaired) electrons. The topological polar surface area (TPSA) is 49.8 Å². The van der Waals surface area contributed by atoms with Crippen LogP contribution >= 0.6 is 15.9 Å². The molecule has 1 unspecified atom stereocenters. The van der Waals surface area contributed by atoms with E-state index in [1.807, 2.05) is 4.90 Å². The van der Waals surface area contributed by atoms with Gasteiger partial charge in [-0.2, -0.15) is 0 Å². The summed E-state index contributed by atoms with van der Waals surface area (Å²) < 4.78 is 19.8. The lowest BCUT2D eigenvalue weighted by Gasteiger charge is -2.32. The number of benzene rings is 1. The molecule has 0 aromatic heterocycles. The number of carboxylic acids is 1. The number of halogens is 2. The first-order valence-corrected chi connectivity index (χ1v) is 6.83. The lowest BCUT2D eigenvalue weighted by molar-refractivity contribution is -0.142. The second-order valence-corrected chi connectivity index (χ2v) is 5.48. The Hall–Kier alpha value is -0.980. The highest BCUT2D eigenvalue weighted by atomic mass is 79.9. The molecule has 6 heteroatoms. The maximum Gasteiger partial charge on any atom is 0.306 e. The Labute approximate surface area is 119 Å². The number of morpholine rings is 1. The number of aliphatic carboxylic acids is 1. The van der Waals surface area contributed by atoms with E-state index in [0.29, 0.717) is 36.3 Å². The Morgan fingerprint density at radius 1 is 1.58 bits per heavy atom. The Morgan fingerprint density at radius 3 is 3.05 bits per heavy atom. The standard InChI is InChI=1S/C13H15BrFNO3/c14-10-2-1-9(12(15)5-10)7-16-3-4-19-11(8-16)6-13(17)18/h1-2,5,11H,3-4,6-8H2,(H,17,18). The summed E-state index contributed by atoms with van der Waals surface area (Å²) in [6.07, 6.45) is -0.330. The summed E-state index contributed by atoms with van der Waals surface area (Å²) >= 11 is 3.22. The van der Waals surface area contributed by atoms with E-state index in [9.17, 15) is 9.18 Å². The van der Waals surface area contributed by atoms with E-state index in [2.05, 4.69) is 15.9 Å². The molecule has 1 aromatic carbocycles. The van der Waals surface area contributed by atoms with Crippen molar-refractivity contribution < 1.29 is 19.0 Å². The number of hydrogen-bond acceptors (Lipinski definition) is 3. The van der Waals surface area contributed by atoms with Crippen LogP contribution in [0.4, 0.5) is 4.39 Å². The van der Waals surface area contributed by atoms with Crippen LogP contribution in [0.3, 0.4) is 0 Å². The first-order chi connectivity index (χ1) is 9.04. The molecule has 1 aliphatic rings. The Bertz CT molecular complexity index is 469. The summed E-state index contributed by atoms with van der Waals surface area (Å²) in [4.78, 5) is 12.7. The van der Waals surface area contributed by atoms with Gasteiger partial charge in [-0.25, -0.2) is 4.39 Å². The highest BCUT2D eigenvalue weighted by molar-refractivity contribution is 9.10. The van der Waals surface area contributed by atoms with Gasteiger partial charge in [0.2, 0.25) is 0 Å². The van der Waals surface area contributed by atoms with E-state index in [0.717, 1.165) is 0 Å². The van der Waals surface area contributed by atoms with E-state index in [1.165, 1.54) is 6.07 Å². The van der Waals surface area contributed by atoms with Crippen LogP contribution in [0.2, 0.25) is 0 Å². The maximum atomic E-state index is 13.7. The molecule has 19 heavy (non-hydrogen) atoms. The first-order valence-electron chi connectivity index (χ1n) is 6.04. The number of carboxylic acid groups (broad SMARTS) is 1. The predicted molar refractivity (Wildman–Crippen MR) is 71.4 cm³/mol. The molecule has 1 heterocycles. The summed E-state index contributed by atoms with van der Waals surface area (Å²) in [5.41, 5.74) is 0.610. The molecule has 1 N–H and O–H groups in total. The lowest BCUT2D eigenvalue weighted by Crippen LogP contribution is -2.42. The van der Waals surface area contributed by atoms with Crippen LogP contribution in [0.5, 0.6) is 0 Å². The maximum absolute atomic E-state index is 13.7. The van der Waals surface area contributed by atoms with E-state index in [-0.39, 0.29) is 18.3 Å². The monoisotopic (exact) mass is 331 g/mol. The molecule has 0 spiro atoms. The van der Waals surface area contributed by atoms with Crippen molar-refractivity contribution >= 4 is 21.9 Å². The zero-order chi connectivity index (χ0) is 13.8. The predicted octanol–water partition coefficient (Wildman–Crippen LogP) is 2.26. The van der Waals surface area contributed by atoms with Crippen molar-refractivity contribution in [3.63, 3.8) is 0 Å². The lowest BCUT2D eigenvalue weighted by atomic mass is 10.1. The number of ether oxygens (including phenoxy) is 1. The number of hydrogen-bond donors (Lipinski definition) is 1. The fourth-order valence-corrected chi connectivity index (χ4v) is 2.47. The highest BCUT2D eigenvalue weighted by Gasteiger charge is 2.23. The number of nitrogens with zero attached hydrogens (tertiary/aromatic N) is 1. The van der Waals surface area contributed by atoms with Crippen molar-refractivity contribution in [3.05, 3.63) is 34.1 Å². The fourth-order valence-electron chi connectivity index (χ4n) is 2.13. The van der Waals surface area contributed by atoms with E-state index in [1.54, 1.807) is 12.1 Å². The molecule has 1 saturated heterocycles. The van der Waals surface area contributed by atoms with Gasteiger partial charge in [-0.05, 0) is 12.1 Å². The molecule has 0 aliphatic carbocycles. The summed E-state index contributed by atoms with van der Waals surface area (Å²) in [6, 6.07) is 4.97.